The number of H-pyrrole nitrogens is 1. The number of aromatic amines is 1. The Bertz CT molecular complexity index is 600. The standard InChI is InChI=1S/C14H15N3O2/c1-9-12(18-2)5-4-10(13(9)19-3)11(8-15)14-16-6-7-17-14/h4-7,11H,1-3H3,(H,16,17). The van der Waals surface area contributed by atoms with E-state index in [1.165, 1.54) is 0 Å². The molecule has 2 aromatic rings. The Morgan fingerprint density at radius 3 is 2.63 bits per heavy atom. The summed E-state index contributed by atoms with van der Waals surface area (Å²) in [4.78, 5) is 7.11. The van der Waals surface area contributed by atoms with Crippen molar-refractivity contribution < 1.29 is 9.47 Å². The summed E-state index contributed by atoms with van der Waals surface area (Å²) < 4.78 is 10.7. The number of hydrogen-bond donors (Lipinski definition) is 1. The zero-order chi connectivity index (χ0) is 13.8. The van der Waals surface area contributed by atoms with Crippen LogP contribution in [-0.4, -0.2) is 24.2 Å². The van der Waals surface area contributed by atoms with Gasteiger partial charge in [-0.25, -0.2) is 4.98 Å². The molecule has 0 amide bonds. The molecule has 1 aromatic carbocycles. The first-order valence-corrected chi connectivity index (χ1v) is 5.83. The number of hydrogen-bond acceptors (Lipinski definition) is 4. The van der Waals surface area contributed by atoms with Crippen molar-refractivity contribution in [3.8, 4) is 17.6 Å². The maximum atomic E-state index is 9.39. The van der Waals surface area contributed by atoms with Crippen LogP contribution in [0.3, 0.4) is 0 Å². The summed E-state index contributed by atoms with van der Waals surface area (Å²) in [5.41, 5.74) is 1.65. The molecule has 1 heterocycles. The molecule has 1 aromatic heterocycles. The molecule has 5 nitrogen and oxygen atoms in total. The molecule has 0 aliphatic rings. The van der Waals surface area contributed by atoms with E-state index >= 15 is 0 Å². The SMILES string of the molecule is COc1ccc(C(C#N)c2ncc[nH]2)c(OC)c1C. The Morgan fingerprint density at radius 2 is 2.11 bits per heavy atom. The van der Waals surface area contributed by atoms with Crippen molar-refractivity contribution in [2.75, 3.05) is 14.2 Å². The van der Waals surface area contributed by atoms with Crippen LogP contribution in [0.5, 0.6) is 11.5 Å². The minimum Gasteiger partial charge on any atom is -0.496 e. The van der Waals surface area contributed by atoms with E-state index in [1.54, 1.807) is 26.6 Å². The van der Waals surface area contributed by atoms with Gasteiger partial charge in [-0.3, -0.25) is 0 Å². The molecule has 0 aliphatic heterocycles. The number of ether oxygens (including phenoxy) is 2. The number of aromatic nitrogens is 2. The molecule has 5 heteroatoms. The summed E-state index contributed by atoms with van der Waals surface area (Å²) in [5.74, 6) is 1.50. The third-order valence-corrected chi connectivity index (χ3v) is 3.04. The van der Waals surface area contributed by atoms with E-state index in [2.05, 4.69) is 16.0 Å². The van der Waals surface area contributed by atoms with Crippen molar-refractivity contribution in [1.29, 1.82) is 5.26 Å². The highest BCUT2D eigenvalue weighted by Crippen LogP contribution is 2.37. The minimum absolute atomic E-state index is 0.491. The molecule has 0 bridgehead atoms. The van der Waals surface area contributed by atoms with Gasteiger partial charge in [-0.15, -0.1) is 0 Å². The number of benzene rings is 1. The lowest BCUT2D eigenvalue weighted by Crippen LogP contribution is -2.05. The lowest BCUT2D eigenvalue weighted by molar-refractivity contribution is 0.385. The van der Waals surface area contributed by atoms with Gasteiger partial charge in [0.2, 0.25) is 0 Å². The second-order valence-electron chi connectivity index (χ2n) is 4.05. The van der Waals surface area contributed by atoms with Crippen LogP contribution in [0.2, 0.25) is 0 Å². The second-order valence-corrected chi connectivity index (χ2v) is 4.05. The first-order valence-electron chi connectivity index (χ1n) is 5.83. The monoisotopic (exact) mass is 257 g/mol. The van der Waals surface area contributed by atoms with Gasteiger partial charge in [0, 0.05) is 23.5 Å². The Balaban J connectivity index is 2.56. The van der Waals surface area contributed by atoms with Crippen LogP contribution >= 0.6 is 0 Å². The van der Waals surface area contributed by atoms with E-state index in [1.807, 2.05) is 19.1 Å². The van der Waals surface area contributed by atoms with Crippen molar-refractivity contribution >= 4 is 0 Å². The molecule has 0 fully saturated rings. The first-order chi connectivity index (χ1) is 9.22. The molecular formula is C14H15N3O2. The summed E-state index contributed by atoms with van der Waals surface area (Å²) in [6.45, 7) is 1.90. The summed E-state index contributed by atoms with van der Waals surface area (Å²) in [7, 11) is 3.19. The highest BCUT2D eigenvalue weighted by Gasteiger charge is 2.22. The van der Waals surface area contributed by atoms with E-state index in [-0.39, 0.29) is 0 Å². The molecule has 1 N–H and O–H groups in total. The minimum atomic E-state index is -0.491. The van der Waals surface area contributed by atoms with Crippen molar-refractivity contribution in [2.24, 2.45) is 0 Å². The fourth-order valence-corrected chi connectivity index (χ4v) is 2.13. The van der Waals surface area contributed by atoms with E-state index in [4.69, 9.17) is 9.47 Å². The van der Waals surface area contributed by atoms with Crippen molar-refractivity contribution in [3.63, 3.8) is 0 Å². The highest BCUT2D eigenvalue weighted by atomic mass is 16.5. The number of methoxy groups -OCH3 is 2. The van der Waals surface area contributed by atoms with Gasteiger partial charge in [0.25, 0.3) is 0 Å². The third-order valence-electron chi connectivity index (χ3n) is 3.04. The van der Waals surface area contributed by atoms with E-state index in [9.17, 15) is 5.26 Å². The number of nitrogens with one attached hydrogen (secondary N) is 1. The van der Waals surface area contributed by atoms with Gasteiger partial charge in [0.05, 0.1) is 20.3 Å². The quantitative estimate of drug-likeness (QED) is 0.912. The van der Waals surface area contributed by atoms with E-state index < -0.39 is 5.92 Å². The van der Waals surface area contributed by atoms with Gasteiger partial charge in [-0.1, -0.05) is 0 Å². The smallest absolute Gasteiger partial charge is 0.133 e. The molecule has 0 saturated carbocycles. The molecule has 0 aliphatic carbocycles. The van der Waals surface area contributed by atoms with Gasteiger partial charge >= 0.3 is 0 Å². The predicted octanol–water partition coefficient (Wildman–Crippen LogP) is 2.39. The topological polar surface area (TPSA) is 70.9 Å². The molecule has 98 valence electrons. The maximum absolute atomic E-state index is 9.39. The summed E-state index contributed by atoms with van der Waals surface area (Å²) in [6.07, 6.45) is 3.32. The molecule has 1 unspecified atom stereocenters. The Labute approximate surface area is 111 Å². The zero-order valence-electron chi connectivity index (χ0n) is 11.1. The Kier molecular flexibility index (Phi) is 3.71. The molecule has 1 atom stereocenters. The molecule has 0 spiro atoms. The van der Waals surface area contributed by atoms with Crippen LogP contribution < -0.4 is 9.47 Å². The average Bonchev–Trinajstić information content (AvgIpc) is 2.94. The van der Waals surface area contributed by atoms with Crippen molar-refractivity contribution in [1.82, 2.24) is 9.97 Å². The summed E-state index contributed by atoms with van der Waals surface area (Å²) >= 11 is 0. The number of nitriles is 1. The van der Waals surface area contributed by atoms with E-state index in [0.29, 0.717) is 11.6 Å². The number of imidazole rings is 1. The predicted molar refractivity (Wildman–Crippen MR) is 70.3 cm³/mol. The van der Waals surface area contributed by atoms with Gasteiger partial charge in [0.1, 0.15) is 23.2 Å². The normalized spacial score (nSPS) is 11.7. The lowest BCUT2D eigenvalue weighted by atomic mass is 9.96. The number of nitrogens with zero attached hydrogens (tertiary/aromatic N) is 2. The first kappa shape index (κ1) is 13.0. The Hall–Kier alpha value is -2.48. The van der Waals surface area contributed by atoms with Crippen LogP contribution in [0.25, 0.3) is 0 Å². The van der Waals surface area contributed by atoms with Crippen molar-refractivity contribution in [2.45, 2.75) is 12.8 Å². The maximum Gasteiger partial charge on any atom is 0.133 e. The van der Waals surface area contributed by atoms with Crippen LogP contribution in [0.1, 0.15) is 22.9 Å². The third kappa shape index (κ3) is 2.25. The van der Waals surface area contributed by atoms with Gasteiger partial charge in [-0.2, -0.15) is 5.26 Å². The largest absolute Gasteiger partial charge is 0.496 e. The summed E-state index contributed by atoms with van der Waals surface area (Å²) in [6, 6.07) is 5.91. The second kappa shape index (κ2) is 5.44. The fraction of sp³-hybridized carbons (Fsp3) is 0.286. The molecule has 0 radical (unpaired) electrons. The van der Waals surface area contributed by atoms with Crippen LogP contribution in [0.4, 0.5) is 0 Å². The van der Waals surface area contributed by atoms with Crippen LogP contribution in [-0.2, 0) is 0 Å². The van der Waals surface area contributed by atoms with Crippen molar-refractivity contribution in [3.05, 3.63) is 41.5 Å². The molecule has 19 heavy (non-hydrogen) atoms. The van der Waals surface area contributed by atoms with Gasteiger partial charge in [0.15, 0.2) is 0 Å². The van der Waals surface area contributed by atoms with Crippen LogP contribution in [0.15, 0.2) is 24.5 Å². The summed E-state index contributed by atoms with van der Waals surface area (Å²) in [5, 5.41) is 9.39. The fourth-order valence-electron chi connectivity index (χ4n) is 2.13. The number of rotatable bonds is 4. The van der Waals surface area contributed by atoms with Gasteiger partial charge < -0.3 is 14.5 Å². The molecular weight excluding hydrogens is 242 g/mol. The van der Waals surface area contributed by atoms with E-state index in [0.717, 1.165) is 16.9 Å². The Morgan fingerprint density at radius 1 is 1.32 bits per heavy atom. The lowest BCUT2D eigenvalue weighted by Gasteiger charge is -2.16. The average molecular weight is 257 g/mol. The molecule has 2 rings (SSSR count). The highest BCUT2D eigenvalue weighted by molar-refractivity contribution is 5.53. The molecule has 0 saturated heterocycles. The zero-order valence-corrected chi connectivity index (χ0v) is 11.1. The van der Waals surface area contributed by atoms with Gasteiger partial charge in [-0.05, 0) is 19.1 Å². The van der Waals surface area contributed by atoms with Crippen LogP contribution in [0, 0.1) is 18.3 Å².